The molecule has 1 amide bonds. The summed E-state index contributed by atoms with van der Waals surface area (Å²) in [6.07, 6.45) is 6.95. The molecule has 0 saturated carbocycles. The van der Waals surface area contributed by atoms with Crippen LogP contribution in [0.15, 0.2) is 0 Å². The van der Waals surface area contributed by atoms with E-state index in [9.17, 15) is 4.79 Å². The zero-order chi connectivity index (χ0) is 15.7. The Hall–Kier alpha value is -0.610. The number of rotatable bonds is 4. The molecule has 1 N–H and O–H groups in total. The molecule has 0 aliphatic carbocycles. The average molecular weight is 307 g/mol. The number of carbonyl (C=O) groups is 1. The highest BCUT2D eigenvalue weighted by Gasteiger charge is 2.36. The quantitative estimate of drug-likeness (QED) is 0.864. The van der Waals surface area contributed by atoms with Crippen LogP contribution in [0, 0.1) is 11.8 Å². The van der Waals surface area contributed by atoms with E-state index in [-0.39, 0.29) is 0 Å². The van der Waals surface area contributed by atoms with Crippen LogP contribution in [-0.4, -0.2) is 60.5 Å². The van der Waals surface area contributed by atoms with Gasteiger partial charge in [0.15, 0.2) is 0 Å². The molecule has 0 aromatic rings. The summed E-state index contributed by atoms with van der Waals surface area (Å²) in [6.45, 7) is 7.94. The van der Waals surface area contributed by atoms with Gasteiger partial charge in [0, 0.05) is 44.7 Å². The minimum atomic E-state index is 0.382. The molecule has 3 aliphatic heterocycles. The van der Waals surface area contributed by atoms with Crippen molar-refractivity contribution in [3.05, 3.63) is 0 Å². The molecule has 3 aliphatic rings. The lowest BCUT2D eigenvalue weighted by molar-refractivity contribution is -0.135. The minimum absolute atomic E-state index is 0.382. The Bertz CT molecular complexity index is 388. The second-order valence-corrected chi connectivity index (χ2v) is 7.91. The molecule has 4 unspecified atom stereocenters. The fourth-order valence-electron chi connectivity index (χ4n) is 5.00. The number of nitrogens with one attached hydrogen (secondary N) is 1. The van der Waals surface area contributed by atoms with E-state index in [0.29, 0.717) is 35.9 Å². The lowest BCUT2D eigenvalue weighted by atomic mass is 9.88. The lowest BCUT2D eigenvalue weighted by Crippen LogP contribution is -2.51. The molecule has 3 heterocycles. The Morgan fingerprint density at radius 1 is 1.23 bits per heavy atom. The van der Waals surface area contributed by atoms with E-state index in [1.165, 1.54) is 25.7 Å². The average Bonchev–Trinajstić information content (AvgIpc) is 2.85. The van der Waals surface area contributed by atoms with Gasteiger partial charge in [0.2, 0.25) is 5.91 Å². The lowest BCUT2D eigenvalue weighted by Gasteiger charge is -2.41. The van der Waals surface area contributed by atoms with E-state index in [1.807, 2.05) is 7.05 Å². The predicted molar refractivity (Wildman–Crippen MR) is 89.7 cm³/mol. The summed E-state index contributed by atoms with van der Waals surface area (Å²) >= 11 is 0. The first-order valence-electron chi connectivity index (χ1n) is 9.30. The molecule has 22 heavy (non-hydrogen) atoms. The maximum Gasteiger partial charge on any atom is 0.222 e. The third-order valence-corrected chi connectivity index (χ3v) is 6.32. The van der Waals surface area contributed by atoms with Crippen molar-refractivity contribution in [2.24, 2.45) is 11.8 Å². The Kier molecular flexibility index (Phi) is 5.08. The van der Waals surface area contributed by atoms with Crippen molar-refractivity contribution in [3.8, 4) is 0 Å². The van der Waals surface area contributed by atoms with Crippen molar-refractivity contribution in [2.75, 3.05) is 26.7 Å². The van der Waals surface area contributed by atoms with Gasteiger partial charge in [-0.15, -0.1) is 0 Å². The van der Waals surface area contributed by atoms with Crippen LogP contribution in [0.25, 0.3) is 0 Å². The van der Waals surface area contributed by atoms with Gasteiger partial charge >= 0.3 is 0 Å². The van der Waals surface area contributed by atoms with E-state index >= 15 is 0 Å². The number of carbonyl (C=O) groups excluding carboxylic acids is 1. The molecule has 3 saturated heterocycles. The van der Waals surface area contributed by atoms with Gasteiger partial charge in [-0.2, -0.15) is 0 Å². The summed E-state index contributed by atoms with van der Waals surface area (Å²) in [4.78, 5) is 17.3. The molecule has 4 atom stereocenters. The van der Waals surface area contributed by atoms with E-state index in [1.54, 1.807) is 0 Å². The third kappa shape index (κ3) is 3.48. The van der Waals surface area contributed by atoms with Crippen LogP contribution < -0.4 is 5.32 Å². The number of hydrogen-bond acceptors (Lipinski definition) is 3. The Balaban J connectivity index is 1.51. The maximum absolute atomic E-state index is 12.7. The van der Waals surface area contributed by atoms with E-state index in [4.69, 9.17) is 0 Å². The summed E-state index contributed by atoms with van der Waals surface area (Å²) in [6, 6.07) is 1.82. The number of nitrogens with zero attached hydrogens (tertiary/aromatic N) is 2. The van der Waals surface area contributed by atoms with Crippen LogP contribution in [0.5, 0.6) is 0 Å². The molecule has 0 radical (unpaired) electrons. The molecule has 3 fully saturated rings. The standard InChI is InChI=1S/C18H33N3O/c1-4-21-8-7-17(13(2)12-21)20(3)18(22)11-14-9-15-5-6-16(10-14)19-15/h13-17,19H,4-12H2,1-3H3. The highest BCUT2D eigenvalue weighted by Crippen LogP contribution is 2.33. The molecule has 4 nitrogen and oxygen atoms in total. The van der Waals surface area contributed by atoms with Gasteiger partial charge in [-0.05, 0) is 50.5 Å². The first-order chi connectivity index (χ1) is 10.6. The van der Waals surface area contributed by atoms with Crippen LogP contribution in [0.1, 0.15) is 52.4 Å². The van der Waals surface area contributed by atoms with Crippen LogP contribution in [-0.2, 0) is 4.79 Å². The number of piperidine rings is 2. The Labute approximate surface area is 135 Å². The van der Waals surface area contributed by atoms with Gasteiger partial charge in [0.1, 0.15) is 0 Å². The van der Waals surface area contributed by atoms with Crippen LogP contribution in [0.4, 0.5) is 0 Å². The van der Waals surface area contributed by atoms with Gasteiger partial charge in [-0.1, -0.05) is 13.8 Å². The van der Waals surface area contributed by atoms with E-state index in [2.05, 4.69) is 29.0 Å². The molecule has 2 bridgehead atoms. The number of amides is 1. The first kappa shape index (κ1) is 16.3. The topological polar surface area (TPSA) is 35.6 Å². The molecule has 0 aromatic carbocycles. The first-order valence-corrected chi connectivity index (χ1v) is 9.30. The second kappa shape index (κ2) is 6.88. The third-order valence-electron chi connectivity index (χ3n) is 6.32. The molecule has 0 aromatic heterocycles. The zero-order valence-electron chi connectivity index (χ0n) is 14.6. The predicted octanol–water partition coefficient (Wildman–Crippen LogP) is 2.10. The molecule has 0 spiro atoms. The SMILES string of the molecule is CCN1CCC(N(C)C(=O)CC2CC3CCC(C2)N3)C(C)C1. The van der Waals surface area contributed by atoms with Gasteiger partial charge < -0.3 is 15.1 Å². The van der Waals surface area contributed by atoms with Crippen molar-refractivity contribution in [2.45, 2.75) is 70.5 Å². The summed E-state index contributed by atoms with van der Waals surface area (Å²) < 4.78 is 0. The van der Waals surface area contributed by atoms with Crippen LogP contribution >= 0.6 is 0 Å². The highest BCUT2D eigenvalue weighted by molar-refractivity contribution is 5.76. The molecular formula is C18H33N3O. The van der Waals surface area contributed by atoms with Crippen molar-refractivity contribution in [3.63, 3.8) is 0 Å². The van der Waals surface area contributed by atoms with Crippen molar-refractivity contribution in [1.82, 2.24) is 15.1 Å². The monoisotopic (exact) mass is 307 g/mol. The Morgan fingerprint density at radius 3 is 2.50 bits per heavy atom. The maximum atomic E-state index is 12.7. The summed E-state index contributed by atoms with van der Waals surface area (Å²) in [5, 5.41) is 3.67. The van der Waals surface area contributed by atoms with Gasteiger partial charge in [-0.25, -0.2) is 0 Å². The van der Waals surface area contributed by atoms with Crippen LogP contribution in [0.3, 0.4) is 0 Å². The zero-order valence-corrected chi connectivity index (χ0v) is 14.6. The molecule has 126 valence electrons. The molecule has 3 rings (SSSR count). The number of likely N-dealkylation sites (tertiary alicyclic amines) is 1. The van der Waals surface area contributed by atoms with E-state index < -0.39 is 0 Å². The summed E-state index contributed by atoms with van der Waals surface area (Å²) in [5.41, 5.74) is 0. The van der Waals surface area contributed by atoms with Gasteiger partial charge in [0.05, 0.1) is 0 Å². The van der Waals surface area contributed by atoms with Gasteiger partial charge in [-0.3, -0.25) is 4.79 Å². The highest BCUT2D eigenvalue weighted by atomic mass is 16.2. The fraction of sp³-hybridized carbons (Fsp3) is 0.944. The second-order valence-electron chi connectivity index (χ2n) is 7.91. The fourth-order valence-corrected chi connectivity index (χ4v) is 5.00. The normalized spacial score (nSPS) is 39.0. The Morgan fingerprint density at radius 2 is 1.91 bits per heavy atom. The summed E-state index contributed by atoms with van der Waals surface area (Å²) in [7, 11) is 2.04. The largest absolute Gasteiger partial charge is 0.342 e. The number of fused-ring (bicyclic) bond motifs is 2. The van der Waals surface area contributed by atoms with Crippen LogP contribution in [0.2, 0.25) is 0 Å². The number of hydrogen-bond donors (Lipinski definition) is 1. The van der Waals surface area contributed by atoms with Gasteiger partial charge in [0.25, 0.3) is 0 Å². The molecular weight excluding hydrogens is 274 g/mol. The minimum Gasteiger partial charge on any atom is -0.342 e. The van der Waals surface area contributed by atoms with E-state index in [0.717, 1.165) is 32.5 Å². The van der Waals surface area contributed by atoms with Crippen molar-refractivity contribution in [1.29, 1.82) is 0 Å². The van der Waals surface area contributed by atoms with Crippen molar-refractivity contribution >= 4 is 5.91 Å². The molecule has 4 heteroatoms. The summed E-state index contributed by atoms with van der Waals surface area (Å²) in [5.74, 6) is 1.58. The smallest absolute Gasteiger partial charge is 0.222 e. The van der Waals surface area contributed by atoms with Crippen molar-refractivity contribution < 1.29 is 4.79 Å².